The Morgan fingerprint density at radius 1 is 0.364 bits per heavy atom. The number of thiophene rings is 1. The highest BCUT2D eigenvalue weighted by atomic mass is 32.1. The summed E-state index contributed by atoms with van der Waals surface area (Å²) in [6.45, 7) is 0. The van der Waals surface area contributed by atoms with Crippen molar-refractivity contribution in [2.45, 2.75) is 0 Å². The molecule has 0 N–H and O–H groups in total. The van der Waals surface area contributed by atoms with Gasteiger partial charge in [-0.25, -0.2) is 0 Å². The summed E-state index contributed by atoms with van der Waals surface area (Å²) in [5.41, 5.74) is 5.91. The molecule has 0 atom stereocenters. The normalized spacial score (nSPS) is 11.6. The Balaban J connectivity index is 1.22. The molecule has 9 aromatic rings. The van der Waals surface area contributed by atoms with Gasteiger partial charge >= 0.3 is 0 Å². The van der Waals surface area contributed by atoms with E-state index in [2.05, 4.69) is 169 Å². The van der Waals surface area contributed by atoms with Gasteiger partial charge in [-0.15, -0.1) is 11.3 Å². The molecule has 0 amide bonds. The van der Waals surface area contributed by atoms with Crippen molar-refractivity contribution in [1.82, 2.24) is 0 Å². The topological polar surface area (TPSA) is 3.24 Å². The molecule has 0 aliphatic heterocycles. The number of anilines is 3. The zero-order valence-electron chi connectivity index (χ0n) is 23.9. The molecule has 0 bridgehead atoms. The summed E-state index contributed by atoms with van der Waals surface area (Å²) in [5.74, 6) is 0. The third kappa shape index (κ3) is 4.00. The highest BCUT2D eigenvalue weighted by Crippen LogP contribution is 2.43. The molecular weight excluding hydrogens is 551 g/mol. The second-order valence-corrected chi connectivity index (χ2v) is 12.4. The molecular formula is C42H27NS. The first kappa shape index (κ1) is 25.1. The van der Waals surface area contributed by atoms with Crippen LogP contribution in [-0.2, 0) is 0 Å². The van der Waals surface area contributed by atoms with Crippen LogP contribution in [0.15, 0.2) is 164 Å². The summed E-state index contributed by atoms with van der Waals surface area (Å²) in [5, 5.41) is 10.3. The Labute approximate surface area is 259 Å². The minimum Gasteiger partial charge on any atom is -0.310 e. The van der Waals surface area contributed by atoms with Crippen molar-refractivity contribution in [3.63, 3.8) is 0 Å². The fourth-order valence-corrected chi connectivity index (χ4v) is 7.92. The van der Waals surface area contributed by atoms with Crippen LogP contribution in [0, 0.1) is 0 Å². The van der Waals surface area contributed by atoms with E-state index < -0.39 is 0 Å². The van der Waals surface area contributed by atoms with Crippen molar-refractivity contribution in [1.29, 1.82) is 0 Å². The van der Waals surface area contributed by atoms with Crippen LogP contribution in [0.2, 0.25) is 0 Å². The quantitative estimate of drug-likeness (QED) is 0.188. The molecule has 1 heterocycles. The largest absolute Gasteiger partial charge is 0.310 e. The lowest BCUT2D eigenvalue weighted by Gasteiger charge is -2.26. The summed E-state index contributed by atoms with van der Waals surface area (Å²) in [6.07, 6.45) is 0. The maximum Gasteiger partial charge on any atom is 0.0476 e. The smallest absolute Gasteiger partial charge is 0.0476 e. The number of rotatable bonds is 4. The molecule has 0 saturated carbocycles. The van der Waals surface area contributed by atoms with Crippen LogP contribution in [0.25, 0.3) is 63.6 Å². The molecule has 1 nitrogen and oxygen atoms in total. The van der Waals surface area contributed by atoms with Gasteiger partial charge in [-0.2, -0.15) is 0 Å². The minimum absolute atomic E-state index is 1.13. The minimum atomic E-state index is 1.13. The van der Waals surface area contributed by atoms with Crippen molar-refractivity contribution in [2.24, 2.45) is 0 Å². The number of benzene rings is 8. The van der Waals surface area contributed by atoms with Crippen LogP contribution in [0.1, 0.15) is 0 Å². The molecule has 0 fully saturated rings. The highest BCUT2D eigenvalue weighted by Gasteiger charge is 2.16. The molecule has 44 heavy (non-hydrogen) atoms. The molecule has 8 aromatic carbocycles. The van der Waals surface area contributed by atoms with Crippen LogP contribution in [-0.4, -0.2) is 0 Å². The molecule has 0 unspecified atom stereocenters. The lowest BCUT2D eigenvalue weighted by molar-refractivity contribution is 1.29. The summed E-state index contributed by atoms with van der Waals surface area (Å²) in [7, 11) is 0. The molecule has 0 radical (unpaired) electrons. The van der Waals surface area contributed by atoms with Gasteiger partial charge in [0.1, 0.15) is 0 Å². The van der Waals surface area contributed by atoms with Crippen LogP contribution in [0.4, 0.5) is 17.1 Å². The van der Waals surface area contributed by atoms with Gasteiger partial charge in [-0.3, -0.25) is 0 Å². The first-order valence-electron chi connectivity index (χ1n) is 15.0. The predicted molar refractivity (Wildman–Crippen MR) is 192 cm³/mol. The van der Waals surface area contributed by atoms with Gasteiger partial charge in [-0.1, -0.05) is 115 Å². The fourth-order valence-electron chi connectivity index (χ4n) is 6.78. The summed E-state index contributed by atoms with van der Waals surface area (Å²) < 4.78 is 2.63. The summed E-state index contributed by atoms with van der Waals surface area (Å²) in [6, 6.07) is 59.7. The lowest BCUT2D eigenvalue weighted by Crippen LogP contribution is -2.09. The molecule has 0 aliphatic carbocycles. The molecule has 0 spiro atoms. The Morgan fingerprint density at radius 2 is 0.977 bits per heavy atom. The van der Waals surface area contributed by atoms with E-state index in [1.807, 2.05) is 11.3 Å². The average molecular weight is 578 g/mol. The zero-order chi connectivity index (χ0) is 29.0. The number of hydrogen-bond donors (Lipinski definition) is 0. The highest BCUT2D eigenvalue weighted by molar-refractivity contribution is 7.25. The van der Waals surface area contributed by atoms with Crippen LogP contribution in [0.3, 0.4) is 0 Å². The fraction of sp³-hybridized carbons (Fsp3) is 0. The third-order valence-electron chi connectivity index (χ3n) is 8.82. The van der Waals surface area contributed by atoms with Gasteiger partial charge in [-0.05, 0) is 92.0 Å². The van der Waals surface area contributed by atoms with Gasteiger partial charge in [0.15, 0.2) is 0 Å². The van der Waals surface area contributed by atoms with Gasteiger partial charge in [0.2, 0.25) is 0 Å². The van der Waals surface area contributed by atoms with Crippen molar-refractivity contribution in [2.75, 3.05) is 4.90 Å². The molecule has 206 valence electrons. The Morgan fingerprint density at radius 3 is 1.82 bits per heavy atom. The van der Waals surface area contributed by atoms with Crippen molar-refractivity contribution >= 4 is 80.9 Å². The summed E-state index contributed by atoms with van der Waals surface area (Å²) >= 11 is 1.86. The van der Waals surface area contributed by atoms with Crippen LogP contribution >= 0.6 is 11.3 Å². The lowest BCUT2D eigenvalue weighted by atomic mass is 9.90. The van der Waals surface area contributed by atoms with E-state index in [4.69, 9.17) is 0 Å². The van der Waals surface area contributed by atoms with E-state index in [9.17, 15) is 0 Å². The standard InChI is InChI=1S/C42H27NS/c1-2-12-31(13-3-1)43(33-23-25-37-36-16-8-9-17-40(36)44-41(37)27-33)32-21-18-29(19-22-32)39-26-30-11-5-6-14-34(30)38-24-20-28-10-4-7-15-35(28)42(38)39/h1-27H. The second kappa shape index (κ2) is 10.1. The van der Waals surface area contributed by atoms with Crippen LogP contribution < -0.4 is 4.90 Å². The van der Waals surface area contributed by atoms with E-state index in [0.717, 1.165) is 17.1 Å². The number of nitrogens with zero attached hydrogens (tertiary/aromatic N) is 1. The van der Waals surface area contributed by atoms with E-state index in [-0.39, 0.29) is 0 Å². The first-order chi connectivity index (χ1) is 21.8. The van der Waals surface area contributed by atoms with E-state index in [0.29, 0.717) is 0 Å². The maximum absolute atomic E-state index is 2.36. The summed E-state index contributed by atoms with van der Waals surface area (Å²) in [4.78, 5) is 2.36. The second-order valence-electron chi connectivity index (χ2n) is 11.4. The zero-order valence-corrected chi connectivity index (χ0v) is 24.8. The maximum atomic E-state index is 2.36. The van der Waals surface area contributed by atoms with E-state index in [1.54, 1.807) is 0 Å². The van der Waals surface area contributed by atoms with Gasteiger partial charge in [0, 0.05) is 37.2 Å². The first-order valence-corrected chi connectivity index (χ1v) is 15.8. The van der Waals surface area contributed by atoms with E-state index in [1.165, 1.54) is 63.6 Å². The van der Waals surface area contributed by atoms with Gasteiger partial charge in [0.05, 0.1) is 0 Å². The average Bonchev–Trinajstić information content (AvgIpc) is 3.46. The van der Waals surface area contributed by atoms with Crippen molar-refractivity contribution in [3.05, 3.63) is 164 Å². The molecule has 0 aliphatic rings. The predicted octanol–water partition coefficient (Wildman–Crippen LogP) is 12.7. The third-order valence-corrected chi connectivity index (χ3v) is 9.95. The molecule has 0 saturated heterocycles. The number of fused-ring (bicyclic) bond motifs is 8. The molecule has 2 heteroatoms. The van der Waals surface area contributed by atoms with Gasteiger partial charge < -0.3 is 4.90 Å². The Hall–Kier alpha value is -5.44. The SMILES string of the molecule is c1ccc(N(c2ccc(-c3cc4ccccc4c4ccc5ccccc5c34)cc2)c2ccc3c(c2)sc2ccccc23)cc1. The van der Waals surface area contributed by atoms with Gasteiger partial charge in [0.25, 0.3) is 0 Å². The number of hydrogen-bond acceptors (Lipinski definition) is 2. The number of para-hydroxylation sites is 1. The molecule has 9 rings (SSSR count). The van der Waals surface area contributed by atoms with E-state index >= 15 is 0 Å². The monoisotopic (exact) mass is 577 g/mol. The van der Waals surface area contributed by atoms with Crippen molar-refractivity contribution < 1.29 is 0 Å². The van der Waals surface area contributed by atoms with Crippen molar-refractivity contribution in [3.8, 4) is 11.1 Å². The Bertz CT molecular complexity index is 2490. The molecule has 1 aromatic heterocycles. The Kier molecular flexibility index (Phi) is 5.75. The van der Waals surface area contributed by atoms with Crippen LogP contribution in [0.5, 0.6) is 0 Å².